The second-order valence-electron chi connectivity index (χ2n) is 7.11. The van der Waals surface area contributed by atoms with Crippen LogP contribution < -0.4 is 15.0 Å². The molecule has 0 bridgehead atoms. The summed E-state index contributed by atoms with van der Waals surface area (Å²) in [5, 5.41) is 0. The van der Waals surface area contributed by atoms with E-state index in [-0.39, 0.29) is 17.6 Å². The lowest BCUT2D eigenvalue weighted by Crippen LogP contribution is -2.33. The van der Waals surface area contributed by atoms with E-state index in [1.807, 2.05) is 10.6 Å². The molecular weight excluding hydrogens is 358 g/mol. The highest BCUT2D eigenvalue weighted by Crippen LogP contribution is 2.37. The molecule has 1 fully saturated rings. The number of ether oxygens (including phenoxy) is 2. The summed E-state index contributed by atoms with van der Waals surface area (Å²) in [4.78, 5) is 30.5. The van der Waals surface area contributed by atoms with Crippen molar-refractivity contribution in [3.8, 4) is 23.1 Å². The van der Waals surface area contributed by atoms with Gasteiger partial charge in [0.25, 0.3) is 5.56 Å². The van der Waals surface area contributed by atoms with Gasteiger partial charge in [0.15, 0.2) is 0 Å². The number of nitrogens with zero attached hydrogens (tertiary/aromatic N) is 5. The lowest BCUT2D eigenvalue weighted by atomic mass is 9.80. The molecule has 0 radical (unpaired) electrons. The average Bonchev–Trinajstić information content (AvgIpc) is 2.66. The van der Waals surface area contributed by atoms with E-state index in [9.17, 15) is 4.79 Å². The van der Waals surface area contributed by atoms with Gasteiger partial charge in [0.1, 0.15) is 16.9 Å². The Morgan fingerprint density at radius 3 is 2.61 bits per heavy atom. The topological polar surface area (TPSA) is 92.0 Å². The molecule has 0 amide bonds. The highest BCUT2D eigenvalue weighted by molar-refractivity contribution is 5.90. The molecule has 3 heterocycles. The second kappa shape index (κ2) is 7.18. The molecule has 0 spiro atoms. The number of aromatic nitrogens is 5. The molecular formula is C20H23N5O3. The minimum atomic E-state index is -0.0537. The normalized spacial score (nSPS) is 15.3. The molecule has 0 aliphatic heterocycles. The lowest BCUT2D eigenvalue weighted by Gasteiger charge is -2.33. The molecule has 28 heavy (non-hydrogen) atoms. The number of methoxy groups -OCH3 is 2. The SMILES string of the molecule is COc1ncc(-c2nccc3c2nc(C)c(=O)n3C(C)C2CCC2)c(OC)n1. The predicted octanol–water partition coefficient (Wildman–Crippen LogP) is 2.94. The third-order valence-corrected chi connectivity index (χ3v) is 5.57. The summed E-state index contributed by atoms with van der Waals surface area (Å²) >= 11 is 0. The van der Waals surface area contributed by atoms with Crippen molar-refractivity contribution in [2.75, 3.05) is 14.2 Å². The zero-order valence-electron chi connectivity index (χ0n) is 16.5. The smallest absolute Gasteiger partial charge is 0.319 e. The monoisotopic (exact) mass is 381 g/mol. The summed E-state index contributed by atoms with van der Waals surface area (Å²) in [6, 6.07) is 2.16. The molecule has 1 aliphatic carbocycles. The Hall–Kier alpha value is -3.03. The van der Waals surface area contributed by atoms with E-state index >= 15 is 0 Å². The summed E-state index contributed by atoms with van der Waals surface area (Å²) in [5.41, 5.74) is 2.97. The largest absolute Gasteiger partial charge is 0.480 e. The summed E-state index contributed by atoms with van der Waals surface area (Å²) in [5.74, 6) is 0.856. The Bertz CT molecular complexity index is 1090. The molecule has 8 heteroatoms. The number of pyridine rings is 1. The average molecular weight is 381 g/mol. The van der Waals surface area contributed by atoms with Gasteiger partial charge in [0.2, 0.25) is 5.88 Å². The maximum Gasteiger partial charge on any atom is 0.319 e. The molecule has 8 nitrogen and oxygen atoms in total. The van der Waals surface area contributed by atoms with Gasteiger partial charge in [-0.25, -0.2) is 9.97 Å². The van der Waals surface area contributed by atoms with Crippen LogP contribution in [0.1, 0.15) is 37.9 Å². The Labute approximate surface area is 162 Å². The molecule has 3 aromatic rings. The van der Waals surface area contributed by atoms with E-state index in [1.54, 1.807) is 19.3 Å². The van der Waals surface area contributed by atoms with E-state index in [2.05, 4.69) is 26.9 Å². The van der Waals surface area contributed by atoms with Gasteiger partial charge in [-0.2, -0.15) is 4.98 Å². The first-order valence-corrected chi connectivity index (χ1v) is 9.38. The maximum absolute atomic E-state index is 12.9. The van der Waals surface area contributed by atoms with Crippen LogP contribution in [0.4, 0.5) is 0 Å². The van der Waals surface area contributed by atoms with E-state index in [0.717, 1.165) is 18.4 Å². The molecule has 4 rings (SSSR count). The molecule has 0 aromatic carbocycles. The van der Waals surface area contributed by atoms with Gasteiger partial charge in [-0.3, -0.25) is 9.78 Å². The summed E-state index contributed by atoms with van der Waals surface area (Å²) in [7, 11) is 3.03. The number of rotatable bonds is 5. The van der Waals surface area contributed by atoms with Crippen LogP contribution in [0.5, 0.6) is 11.9 Å². The fourth-order valence-electron chi connectivity index (χ4n) is 3.75. The minimum absolute atomic E-state index is 0.0537. The van der Waals surface area contributed by atoms with Gasteiger partial charge in [-0.05, 0) is 38.7 Å². The van der Waals surface area contributed by atoms with Crippen molar-refractivity contribution in [1.29, 1.82) is 0 Å². The van der Waals surface area contributed by atoms with Crippen molar-refractivity contribution in [2.24, 2.45) is 5.92 Å². The van der Waals surface area contributed by atoms with Crippen LogP contribution >= 0.6 is 0 Å². The lowest BCUT2D eigenvalue weighted by molar-refractivity contribution is 0.222. The van der Waals surface area contributed by atoms with Crippen molar-refractivity contribution < 1.29 is 9.47 Å². The summed E-state index contributed by atoms with van der Waals surface area (Å²) < 4.78 is 12.4. The fraction of sp³-hybridized carbons (Fsp3) is 0.450. The van der Waals surface area contributed by atoms with Gasteiger partial charge < -0.3 is 14.0 Å². The summed E-state index contributed by atoms with van der Waals surface area (Å²) in [6.07, 6.45) is 6.80. The first-order valence-electron chi connectivity index (χ1n) is 9.38. The Morgan fingerprint density at radius 2 is 1.96 bits per heavy atom. The van der Waals surface area contributed by atoms with Crippen LogP contribution in [-0.4, -0.2) is 38.7 Å². The van der Waals surface area contributed by atoms with Crippen LogP contribution in [0.15, 0.2) is 23.3 Å². The van der Waals surface area contributed by atoms with Crippen LogP contribution in [0, 0.1) is 12.8 Å². The van der Waals surface area contributed by atoms with Crippen LogP contribution in [0.2, 0.25) is 0 Å². The van der Waals surface area contributed by atoms with Gasteiger partial charge in [0.05, 0.1) is 25.3 Å². The van der Waals surface area contributed by atoms with Crippen LogP contribution in [0.3, 0.4) is 0 Å². The fourth-order valence-corrected chi connectivity index (χ4v) is 3.75. The predicted molar refractivity (Wildman–Crippen MR) is 105 cm³/mol. The third kappa shape index (κ3) is 2.89. The van der Waals surface area contributed by atoms with E-state index in [0.29, 0.717) is 34.3 Å². The molecule has 1 aliphatic rings. The number of hydrogen-bond donors (Lipinski definition) is 0. The maximum atomic E-state index is 12.9. The van der Waals surface area contributed by atoms with Gasteiger partial charge in [0, 0.05) is 18.4 Å². The van der Waals surface area contributed by atoms with E-state index in [1.165, 1.54) is 20.6 Å². The third-order valence-electron chi connectivity index (χ3n) is 5.57. The molecule has 146 valence electrons. The van der Waals surface area contributed by atoms with Crippen molar-refractivity contribution in [3.05, 3.63) is 34.5 Å². The highest BCUT2D eigenvalue weighted by Gasteiger charge is 2.28. The minimum Gasteiger partial charge on any atom is -0.480 e. The zero-order chi connectivity index (χ0) is 19.8. The molecule has 0 N–H and O–H groups in total. The van der Waals surface area contributed by atoms with Crippen molar-refractivity contribution in [1.82, 2.24) is 24.5 Å². The molecule has 1 saturated carbocycles. The number of fused-ring (bicyclic) bond motifs is 1. The number of aryl methyl sites for hydroxylation is 1. The van der Waals surface area contributed by atoms with Crippen LogP contribution in [0.25, 0.3) is 22.3 Å². The van der Waals surface area contributed by atoms with Gasteiger partial charge in [-0.1, -0.05) is 6.42 Å². The first kappa shape index (κ1) is 18.3. The quantitative estimate of drug-likeness (QED) is 0.671. The Morgan fingerprint density at radius 1 is 1.18 bits per heavy atom. The molecule has 0 saturated heterocycles. The zero-order valence-corrected chi connectivity index (χ0v) is 16.5. The van der Waals surface area contributed by atoms with Crippen molar-refractivity contribution >= 4 is 11.0 Å². The highest BCUT2D eigenvalue weighted by atomic mass is 16.5. The second-order valence-corrected chi connectivity index (χ2v) is 7.11. The molecule has 3 aromatic heterocycles. The van der Waals surface area contributed by atoms with Gasteiger partial charge in [-0.15, -0.1) is 0 Å². The molecule has 1 unspecified atom stereocenters. The van der Waals surface area contributed by atoms with E-state index in [4.69, 9.17) is 9.47 Å². The van der Waals surface area contributed by atoms with Crippen molar-refractivity contribution in [3.63, 3.8) is 0 Å². The Balaban J connectivity index is 1.97. The summed E-state index contributed by atoms with van der Waals surface area (Å²) in [6.45, 7) is 3.85. The van der Waals surface area contributed by atoms with E-state index < -0.39 is 0 Å². The van der Waals surface area contributed by atoms with Gasteiger partial charge >= 0.3 is 6.01 Å². The standard InChI is InChI=1S/C20H23N5O3/c1-11-19(26)25(12(2)13-6-5-7-13)15-8-9-21-16(17(15)23-11)14-10-22-20(28-4)24-18(14)27-3/h8-10,12-13H,5-7H2,1-4H3. The first-order chi connectivity index (χ1) is 13.5. The van der Waals surface area contributed by atoms with Crippen LogP contribution in [-0.2, 0) is 0 Å². The Kier molecular flexibility index (Phi) is 4.70. The van der Waals surface area contributed by atoms with Crippen molar-refractivity contribution in [2.45, 2.75) is 39.2 Å². The number of hydrogen-bond acceptors (Lipinski definition) is 7. The molecule has 1 atom stereocenters.